The lowest BCUT2D eigenvalue weighted by Crippen LogP contribution is -2.56. The van der Waals surface area contributed by atoms with E-state index in [0.29, 0.717) is 5.76 Å². The summed E-state index contributed by atoms with van der Waals surface area (Å²) in [7, 11) is 0. The molecule has 0 aliphatic heterocycles. The number of furan rings is 1. The number of nitrogens with one attached hydrogen (secondary N) is 1. The number of thiazole rings is 1. The van der Waals surface area contributed by atoms with E-state index in [-0.39, 0.29) is 18.9 Å². The van der Waals surface area contributed by atoms with Crippen LogP contribution in [0, 0.1) is 0 Å². The number of aromatic nitrogens is 1. The summed E-state index contributed by atoms with van der Waals surface area (Å²) >= 11 is 1.46. The van der Waals surface area contributed by atoms with Crippen molar-refractivity contribution >= 4 is 17.2 Å². The van der Waals surface area contributed by atoms with E-state index in [1.165, 1.54) is 11.3 Å². The monoisotopic (exact) mass is 292 g/mol. The highest BCUT2D eigenvalue weighted by atomic mass is 32.1. The molecule has 0 spiro atoms. The van der Waals surface area contributed by atoms with Gasteiger partial charge in [0.2, 0.25) is 5.91 Å². The molecule has 0 unspecified atom stereocenters. The van der Waals surface area contributed by atoms with E-state index in [1.54, 1.807) is 6.26 Å². The van der Waals surface area contributed by atoms with Crippen LogP contribution in [0.5, 0.6) is 0 Å². The molecule has 2 N–H and O–H groups in total. The van der Waals surface area contributed by atoms with Crippen LogP contribution in [0.3, 0.4) is 0 Å². The lowest BCUT2D eigenvalue weighted by molar-refractivity contribution is -0.124. The molecule has 2 aromatic rings. The Morgan fingerprint density at radius 1 is 1.55 bits per heavy atom. The first kappa shape index (κ1) is 13.3. The van der Waals surface area contributed by atoms with Crippen molar-refractivity contribution in [3.63, 3.8) is 0 Å². The van der Waals surface area contributed by atoms with E-state index >= 15 is 0 Å². The molecule has 3 rings (SSSR count). The minimum absolute atomic E-state index is 0.00739. The molecule has 1 fully saturated rings. The molecule has 2 heterocycles. The Balaban J connectivity index is 1.62. The molecular weight excluding hydrogens is 276 g/mol. The second-order valence-electron chi connectivity index (χ2n) is 5.14. The van der Waals surface area contributed by atoms with Gasteiger partial charge in [0.1, 0.15) is 0 Å². The molecule has 20 heavy (non-hydrogen) atoms. The molecule has 0 atom stereocenters. The summed E-state index contributed by atoms with van der Waals surface area (Å²) in [5, 5.41) is 14.9. The molecule has 0 aromatic carbocycles. The van der Waals surface area contributed by atoms with Crippen molar-refractivity contribution in [1.82, 2.24) is 10.3 Å². The van der Waals surface area contributed by atoms with Crippen molar-refractivity contribution in [2.45, 2.75) is 31.2 Å². The van der Waals surface area contributed by atoms with Crippen LogP contribution in [0.15, 0.2) is 28.2 Å². The lowest BCUT2D eigenvalue weighted by atomic mass is 9.77. The summed E-state index contributed by atoms with van der Waals surface area (Å²) in [5.74, 6) is 0.627. The maximum atomic E-state index is 12.0. The van der Waals surface area contributed by atoms with Crippen molar-refractivity contribution in [3.05, 3.63) is 29.5 Å². The highest BCUT2D eigenvalue weighted by molar-refractivity contribution is 7.13. The summed E-state index contributed by atoms with van der Waals surface area (Å²) in [5.41, 5.74) is 0.336. The van der Waals surface area contributed by atoms with Gasteiger partial charge in [-0.25, -0.2) is 4.98 Å². The highest BCUT2D eigenvalue weighted by Gasteiger charge is 2.37. The number of nitrogens with zero attached hydrogens (tertiary/aromatic N) is 1. The van der Waals surface area contributed by atoms with Gasteiger partial charge < -0.3 is 14.8 Å². The maximum Gasteiger partial charge on any atom is 0.226 e. The third-order valence-electron chi connectivity index (χ3n) is 3.64. The molecule has 1 amide bonds. The third kappa shape index (κ3) is 2.62. The third-order valence-corrected chi connectivity index (χ3v) is 4.55. The number of aliphatic hydroxyl groups is 1. The fourth-order valence-corrected chi connectivity index (χ4v) is 3.12. The minimum Gasteiger partial charge on any atom is -0.462 e. The van der Waals surface area contributed by atoms with E-state index in [2.05, 4.69) is 10.3 Å². The maximum absolute atomic E-state index is 12.0. The number of amides is 1. The molecule has 6 heteroatoms. The van der Waals surface area contributed by atoms with E-state index < -0.39 is 5.54 Å². The number of aliphatic hydroxyl groups excluding tert-OH is 1. The Morgan fingerprint density at radius 2 is 2.40 bits per heavy atom. The molecule has 1 saturated carbocycles. The Morgan fingerprint density at radius 3 is 3.00 bits per heavy atom. The van der Waals surface area contributed by atoms with E-state index in [0.717, 1.165) is 30.0 Å². The summed E-state index contributed by atoms with van der Waals surface area (Å²) in [4.78, 5) is 16.4. The summed E-state index contributed by atoms with van der Waals surface area (Å²) in [6.45, 7) is 0.00739. The van der Waals surface area contributed by atoms with E-state index in [9.17, 15) is 9.90 Å². The molecule has 0 saturated heterocycles. The summed E-state index contributed by atoms with van der Waals surface area (Å²) in [6.07, 6.45) is 4.59. The predicted molar refractivity (Wildman–Crippen MR) is 75.3 cm³/mol. The van der Waals surface area contributed by atoms with Gasteiger partial charge in [-0.3, -0.25) is 4.79 Å². The van der Waals surface area contributed by atoms with Gasteiger partial charge in [0, 0.05) is 5.38 Å². The van der Waals surface area contributed by atoms with Crippen LogP contribution in [0.2, 0.25) is 0 Å². The lowest BCUT2D eigenvalue weighted by Gasteiger charge is -2.40. The van der Waals surface area contributed by atoms with Crippen LogP contribution in [0.25, 0.3) is 10.8 Å². The normalized spacial score (nSPS) is 16.6. The molecule has 0 radical (unpaired) electrons. The van der Waals surface area contributed by atoms with Crippen LogP contribution in [0.1, 0.15) is 25.0 Å². The van der Waals surface area contributed by atoms with Gasteiger partial charge in [-0.1, -0.05) is 0 Å². The summed E-state index contributed by atoms with van der Waals surface area (Å²) in [6, 6.07) is 3.66. The number of carbonyl (C=O) groups excluding carboxylic acids is 1. The fourth-order valence-electron chi connectivity index (χ4n) is 2.33. The topological polar surface area (TPSA) is 75.4 Å². The molecule has 5 nitrogen and oxygen atoms in total. The Hall–Kier alpha value is -1.66. The van der Waals surface area contributed by atoms with Gasteiger partial charge in [0.05, 0.1) is 30.5 Å². The van der Waals surface area contributed by atoms with Gasteiger partial charge in [-0.2, -0.15) is 0 Å². The SMILES string of the molecule is O=C(Cc1csc(-c2ccco2)n1)NC1(CO)CCC1. The van der Waals surface area contributed by atoms with Gasteiger partial charge >= 0.3 is 0 Å². The van der Waals surface area contributed by atoms with Gasteiger partial charge in [-0.15, -0.1) is 11.3 Å². The molecule has 0 bridgehead atoms. The van der Waals surface area contributed by atoms with Crippen molar-refractivity contribution in [1.29, 1.82) is 0 Å². The number of hydrogen-bond donors (Lipinski definition) is 2. The van der Waals surface area contributed by atoms with Crippen LogP contribution in [0.4, 0.5) is 0 Å². The van der Waals surface area contributed by atoms with E-state index in [1.807, 2.05) is 17.5 Å². The van der Waals surface area contributed by atoms with Crippen molar-refractivity contribution in [3.8, 4) is 10.8 Å². The number of hydrogen-bond acceptors (Lipinski definition) is 5. The number of carbonyl (C=O) groups is 1. The Bertz CT molecular complexity index is 582. The zero-order chi connectivity index (χ0) is 14.0. The van der Waals surface area contributed by atoms with Crippen molar-refractivity contribution in [2.75, 3.05) is 6.61 Å². The zero-order valence-corrected chi connectivity index (χ0v) is 11.8. The second-order valence-corrected chi connectivity index (χ2v) is 6.00. The van der Waals surface area contributed by atoms with Crippen LogP contribution < -0.4 is 5.32 Å². The molecular formula is C14H16N2O3S. The zero-order valence-electron chi connectivity index (χ0n) is 11.0. The molecule has 1 aliphatic rings. The van der Waals surface area contributed by atoms with Crippen molar-refractivity contribution < 1.29 is 14.3 Å². The Kier molecular flexibility index (Phi) is 3.58. The second kappa shape index (κ2) is 5.38. The van der Waals surface area contributed by atoms with Gasteiger partial charge in [0.25, 0.3) is 0 Å². The van der Waals surface area contributed by atoms with Crippen LogP contribution in [-0.4, -0.2) is 28.1 Å². The fraction of sp³-hybridized carbons (Fsp3) is 0.429. The van der Waals surface area contributed by atoms with Crippen molar-refractivity contribution in [2.24, 2.45) is 0 Å². The van der Waals surface area contributed by atoms with Crippen LogP contribution in [-0.2, 0) is 11.2 Å². The van der Waals surface area contributed by atoms with Gasteiger partial charge in [-0.05, 0) is 31.4 Å². The first-order chi connectivity index (χ1) is 9.71. The largest absolute Gasteiger partial charge is 0.462 e. The Labute approximate surface area is 120 Å². The van der Waals surface area contributed by atoms with Crippen LogP contribution >= 0.6 is 11.3 Å². The van der Waals surface area contributed by atoms with Gasteiger partial charge in [0.15, 0.2) is 10.8 Å². The molecule has 106 valence electrons. The van der Waals surface area contributed by atoms with E-state index in [4.69, 9.17) is 4.42 Å². The first-order valence-electron chi connectivity index (χ1n) is 6.61. The minimum atomic E-state index is -0.392. The first-order valence-corrected chi connectivity index (χ1v) is 7.49. The standard InChI is InChI=1S/C14H16N2O3S/c17-9-14(4-2-5-14)16-12(18)7-10-8-20-13(15-10)11-3-1-6-19-11/h1,3,6,8,17H,2,4-5,7,9H2,(H,16,18). The molecule has 2 aromatic heterocycles. The average molecular weight is 292 g/mol. The summed E-state index contributed by atoms with van der Waals surface area (Å²) < 4.78 is 5.28. The quantitative estimate of drug-likeness (QED) is 0.883. The molecule has 1 aliphatic carbocycles. The highest BCUT2D eigenvalue weighted by Crippen LogP contribution is 2.31. The predicted octanol–water partition coefficient (Wildman–Crippen LogP) is 1.98. The number of rotatable bonds is 5. The smallest absolute Gasteiger partial charge is 0.226 e. The average Bonchev–Trinajstić information content (AvgIpc) is 3.03.